The van der Waals surface area contributed by atoms with Crippen LogP contribution in [0.5, 0.6) is 0 Å². The fourth-order valence-corrected chi connectivity index (χ4v) is 5.45. The van der Waals surface area contributed by atoms with Crippen molar-refractivity contribution in [3.05, 3.63) is 51.4 Å². The normalized spacial score (nSPS) is 16.3. The smallest absolute Gasteiger partial charge is 0.341 e. The van der Waals surface area contributed by atoms with E-state index in [-0.39, 0.29) is 17.3 Å². The average molecular weight is 428 g/mol. The minimum atomic E-state index is -0.369. The first kappa shape index (κ1) is 22.5. The maximum atomic E-state index is 12.9. The van der Waals surface area contributed by atoms with E-state index in [1.165, 1.54) is 28.9 Å². The maximum Gasteiger partial charge on any atom is 0.341 e. The minimum absolute atomic E-state index is 0.195. The summed E-state index contributed by atoms with van der Waals surface area (Å²) in [6.45, 7) is 11.1. The molecule has 0 bridgehead atoms. The molecule has 0 radical (unpaired) electrons. The molecule has 0 saturated heterocycles. The van der Waals surface area contributed by atoms with Crippen molar-refractivity contribution in [2.24, 2.45) is 11.3 Å². The van der Waals surface area contributed by atoms with Crippen LogP contribution in [0.15, 0.2) is 24.3 Å². The Morgan fingerprint density at radius 1 is 1.23 bits per heavy atom. The van der Waals surface area contributed by atoms with Crippen LogP contribution >= 0.6 is 11.3 Å². The number of carbonyl (C=O) groups excluding carboxylic acids is 2. The summed E-state index contributed by atoms with van der Waals surface area (Å²) in [7, 11) is 1.40. The molecule has 1 atom stereocenters. The quantitative estimate of drug-likeness (QED) is 0.539. The third-order valence-electron chi connectivity index (χ3n) is 6.74. The molecule has 1 N–H and O–H groups in total. The molecule has 0 aliphatic heterocycles. The maximum absolute atomic E-state index is 12.9. The fraction of sp³-hybridized carbons (Fsp3) is 0.520. The van der Waals surface area contributed by atoms with Gasteiger partial charge in [-0.3, -0.25) is 4.79 Å². The van der Waals surface area contributed by atoms with Gasteiger partial charge in [-0.05, 0) is 59.8 Å². The lowest BCUT2D eigenvalue weighted by Gasteiger charge is -2.36. The van der Waals surface area contributed by atoms with Gasteiger partial charge in [0.2, 0.25) is 0 Å². The molecule has 1 amide bonds. The van der Waals surface area contributed by atoms with E-state index < -0.39 is 0 Å². The minimum Gasteiger partial charge on any atom is -0.465 e. The van der Waals surface area contributed by atoms with Gasteiger partial charge in [-0.2, -0.15) is 0 Å². The highest BCUT2D eigenvalue weighted by atomic mass is 32.1. The summed E-state index contributed by atoms with van der Waals surface area (Å²) < 4.78 is 5.06. The van der Waals surface area contributed by atoms with E-state index in [9.17, 15) is 9.59 Å². The number of hydrogen-bond donors (Lipinski definition) is 1. The van der Waals surface area contributed by atoms with Gasteiger partial charge in [0.1, 0.15) is 5.00 Å². The predicted molar refractivity (Wildman–Crippen MR) is 124 cm³/mol. The molecule has 1 aromatic heterocycles. The number of anilines is 1. The third kappa shape index (κ3) is 4.46. The molecule has 1 unspecified atom stereocenters. The lowest BCUT2D eigenvalue weighted by Crippen LogP contribution is -2.28. The summed E-state index contributed by atoms with van der Waals surface area (Å²) in [5, 5.41) is 3.61. The van der Waals surface area contributed by atoms with Crippen molar-refractivity contribution in [3.8, 4) is 0 Å². The molecule has 1 aliphatic rings. The van der Waals surface area contributed by atoms with Crippen LogP contribution in [0.1, 0.15) is 90.1 Å². The molecule has 0 saturated carbocycles. The van der Waals surface area contributed by atoms with Crippen LogP contribution in [-0.2, 0) is 17.6 Å². The average Bonchev–Trinajstić information content (AvgIpc) is 3.10. The first-order valence-electron chi connectivity index (χ1n) is 10.8. The van der Waals surface area contributed by atoms with Gasteiger partial charge in [0.05, 0.1) is 12.7 Å². The van der Waals surface area contributed by atoms with Crippen molar-refractivity contribution >= 4 is 28.2 Å². The van der Waals surface area contributed by atoms with E-state index in [0.717, 1.165) is 31.2 Å². The topological polar surface area (TPSA) is 55.4 Å². The lowest BCUT2D eigenvalue weighted by atomic mass is 9.69. The molecule has 30 heavy (non-hydrogen) atoms. The summed E-state index contributed by atoms with van der Waals surface area (Å²) in [5.41, 5.74) is 3.64. The monoisotopic (exact) mass is 427 g/mol. The van der Waals surface area contributed by atoms with E-state index in [1.54, 1.807) is 0 Å². The second kappa shape index (κ2) is 8.93. The number of ether oxygens (including phenoxy) is 1. The van der Waals surface area contributed by atoms with Crippen molar-refractivity contribution in [1.29, 1.82) is 0 Å². The summed E-state index contributed by atoms with van der Waals surface area (Å²) in [4.78, 5) is 26.7. The number of nitrogens with one attached hydrogen (secondary N) is 1. The van der Waals surface area contributed by atoms with Gasteiger partial charge in [0, 0.05) is 10.4 Å². The summed E-state index contributed by atoms with van der Waals surface area (Å²) >= 11 is 1.53. The van der Waals surface area contributed by atoms with Crippen molar-refractivity contribution in [2.45, 2.75) is 66.2 Å². The van der Waals surface area contributed by atoms with Crippen LogP contribution in [0.25, 0.3) is 0 Å². The number of rotatable bonds is 6. The molecule has 1 aromatic carbocycles. The van der Waals surface area contributed by atoms with Crippen molar-refractivity contribution in [3.63, 3.8) is 0 Å². The molecule has 5 heteroatoms. The Morgan fingerprint density at radius 3 is 2.47 bits per heavy atom. The van der Waals surface area contributed by atoms with E-state index in [2.05, 4.69) is 39.9 Å². The van der Waals surface area contributed by atoms with E-state index in [0.29, 0.717) is 28.0 Å². The summed E-state index contributed by atoms with van der Waals surface area (Å²) in [5.74, 6) is 0.425. The van der Waals surface area contributed by atoms with Gasteiger partial charge >= 0.3 is 5.97 Å². The molecular weight excluding hydrogens is 394 g/mol. The highest BCUT2D eigenvalue weighted by Crippen LogP contribution is 2.45. The molecule has 1 heterocycles. The molecule has 3 rings (SSSR count). The van der Waals surface area contributed by atoms with Gasteiger partial charge in [-0.25, -0.2) is 4.79 Å². The second-order valence-corrected chi connectivity index (χ2v) is 10.3. The van der Waals surface area contributed by atoms with Crippen molar-refractivity contribution < 1.29 is 14.3 Å². The van der Waals surface area contributed by atoms with Gasteiger partial charge in [0.25, 0.3) is 5.91 Å². The molecule has 162 valence electrons. The number of benzene rings is 1. The standard InChI is InChI=1S/C25H33NO3S/c1-7-25(4,5)18-12-13-19-20(14-18)30-23(21(19)24(28)29-6)26-22(27)17-10-8-16(9-11-17)15(2)3/h8-11,15,18H,7,12-14H2,1-6H3,(H,26,27). The van der Waals surface area contributed by atoms with E-state index in [1.807, 2.05) is 24.3 Å². The molecule has 0 spiro atoms. The SMILES string of the molecule is CCC(C)(C)C1CCc2c(sc(NC(=O)c3ccc(C(C)C)cc3)c2C(=O)OC)C1. The van der Waals surface area contributed by atoms with Crippen LogP contribution in [0, 0.1) is 11.3 Å². The zero-order chi connectivity index (χ0) is 22.1. The number of methoxy groups -OCH3 is 1. The van der Waals surface area contributed by atoms with E-state index >= 15 is 0 Å². The number of thiophene rings is 1. The Morgan fingerprint density at radius 2 is 1.90 bits per heavy atom. The number of carbonyl (C=O) groups is 2. The highest BCUT2D eigenvalue weighted by Gasteiger charge is 2.35. The Bertz CT molecular complexity index is 925. The van der Waals surface area contributed by atoms with Gasteiger partial charge in [0.15, 0.2) is 0 Å². The second-order valence-electron chi connectivity index (χ2n) is 9.21. The fourth-order valence-electron chi connectivity index (χ4n) is 4.14. The van der Waals surface area contributed by atoms with Gasteiger partial charge < -0.3 is 10.1 Å². The molecule has 0 fully saturated rings. The zero-order valence-corrected chi connectivity index (χ0v) is 19.7. The Balaban J connectivity index is 1.89. The van der Waals surface area contributed by atoms with Gasteiger partial charge in [-0.1, -0.05) is 53.2 Å². The predicted octanol–water partition coefficient (Wildman–Crippen LogP) is 6.45. The molecular formula is C25H33NO3S. The molecule has 4 nitrogen and oxygen atoms in total. The van der Waals surface area contributed by atoms with Gasteiger partial charge in [-0.15, -0.1) is 11.3 Å². The first-order chi connectivity index (χ1) is 14.2. The largest absolute Gasteiger partial charge is 0.465 e. The lowest BCUT2D eigenvalue weighted by molar-refractivity contribution is 0.0600. The summed E-state index contributed by atoms with van der Waals surface area (Å²) in [6, 6.07) is 7.65. The Kier molecular flexibility index (Phi) is 6.71. The highest BCUT2D eigenvalue weighted by molar-refractivity contribution is 7.17. The summed E-state index contributed by atoms with van der Waals surface area (Å²) in [6.07, 6.45) is 3.98. The molecule has 2 aromatic rings. The first-order valence-corrected chi connectivity index (χ1v) is 11.6. The van der Waals surface area contributed by atoms with Crippen LogP contribution in [0.3, 0.4) is 0 Å². The Hall–Kier alpha value is -2.14. The Labute approximate surface area is 184 Å². The number of fused-ring (bicyclic) bond motifs is 1. The molecule has 1 aliphatic carbocycles. The van der Waals surface area contributed by atoms with Crippen LogP contribution < -0.4 is 5.32 Å². The third-order valence-corrected chi connectivity index (χ3v) is 7.91. The number of amides is 1. The van der Waals surface area contributed by atoms with Crippen LogP contribution in [0.2, 0.25) is 0 Å². The number of hydrogen-bond acceptors (Lipinski definition) is 4. The van der Waals surface area contributed by atoms with Crippen LogP contribution in [0.4, 0.5) is 5.00 Å². The zero-order valence-electron chi connectivity index (χ0n) is 18.9. The van der Waals surface area contributed by atoms with E-state index in [4.69, 9.17) is 4.74 Å². The van der Waals surface area contributed by atoms with Crippen LogP contribution in [-0.4, -0.2) is 19.0 Å². The number of esters is 1. The van der Waals surface area contributed by atoms with Crippen molar-refractivity contribution in [1.82, 2.24) is 0 Å². The van der Waals surface area contributed by atoms with Crippen molar-refractivity contribution in [2.75, 3.05) is 12.4 Å².